The van der Waals surface area contributed by atoms with Crippen molar-refractivity contribution in [1.82, 2.24) is 5.32 Å². The number of carbonyl (C=O) groups is 1. The SMILES string of the molecule is CCCCCCCCNC[C@H](O)[C@@H](O)[C@H](O)[C@H](O)COC(=O)C(C)c1ccc(CC(C)C)cc1. The lowest BCUT2D eigenvalue weighted by atomic mass is 9.97. The van der Waals surface area contributed by atoms with Crippen molar-refractivity contribution >= 4 is 5.97 Å². The van der Waals surface area contributed by atoms with Crippen molar-refractivity contribution in [2.75, 3.05) is 19.7 Å². The molecule has 1 aromatic rings. The third-order valence-electron chi connectivity index (χ3n) is 6.07. The summed E-state index contributed by atoms with van der Waals surface area (Å²) in [5, 5.41) is 43.7. The molecule has 0 aliphatic heterocycles. The second-order valence-electron chi connectivity index (χ2n) is 9.78. The monoisotopic (exact) mass is 481 g/mol. The molecule has 0 aliphatic carbocycles. The molecule has 0 fully saturated rings. The Balaban J connectivity index is 2.35. The first-order valence-electron chi connectivity index (χ1n) is 12.9. The maximum atomic E-state index is 12.4. The Kier molecular flexibility index (Phi) is 15.3. The minimum atomic E-state index is -1.63. The van der Waals surface area contributed by atoms with Crippen LogP contribution in [0, 0.1) is 5.92 Å². The van der Waals surface area contributed by atoms with Crippen molar-refractivity contribution in [3.8, 4) is 0 Å². The molecule has 0 spiro atoms. The molecule has 0 aliphatic rings. The predicted octanol–water partition coefficient (Wildman–Crippen LogP) is 2.93. The molecule has 0 amide bonds. The van der Waals surface area contributed by atoms with Crippen molar-refractivity contribution in [2.24, 2.45) is 5.92 Å². The summed E-state index contributed by atoms with van der Waals surface area (Å²) in [4.78, 5) is 12.4. The molecule has 7 heteroatoms. The Bertz CT molecular complexity index is 666. The molecule has 5 atom stereocenters. The topological polar surface area (TPSA) is 119 Å². The van der Waals surface area contributed by atoms with Gasteiger partial charge in [-0.3, -0.25) is 4.79 Å². The lowest BCUT2D eigenvalue weighted by molar-refractivity contribution is -0.156. The van der Waals surface area contributed by atoms with E-state index in [-0.39, 0.29) is 6.54 Å². The number of hydrogen-bond donors (Lipinski definition) is 5. The summed E-state index contributed by atoms with van der Waals surface area (Å²) in [5.74, 6) is -0.510. The number of aliphatic hydroxyl groups is 4. The van der Waals surface area contributed by atoms with Crippen molar-refractivity contribution in [2.45, 2.75) is 103 Å². The van der Waals surface area contributed by atoms with Gasteiger partial charge in [-0.25, -0.2) is 0 Å². The fourth-order valence-corrected chi connectivity index (χ4v) is 3.80. The Morgan fingerprint density at radius 2 is 1.47 bits per heavy atom. The average molecular weight is 482 g/mol. The van der Waals surface area contributed by atoms with Crippen LogP contribution in [0.3, 0.4) is 0 Å². The van der Waals surface area contributed by atoms with Crippen LogP contribution in [0.1, 0.15) is 83.3 Å². The fraction of sp³-hybridized carbons (Fsp3) is 0.741. The minimum absolute atomic E-state index is 0.101. The molecular weight excluding hydrogens is 434 g/mol. The van der Waals surface area contributed by atoms with Gasteiger partial charge in [0.1, 0.15) is 24.9 Å². The molecule has 196 valence electrons. The summed E-state index contributed by atoms with van der Waals surface area (Å²) in [7, 11) is 0. The summed E-state index contributed by atoms with van der Waals surface area (Å²) in [6.07, 6.45) is 1.98. The van der Waals surface area contributed by atoms with E-state index in [0.717, 1.165) is 24.8 Å². The highest BCUT2D eigenvalue weighted by Gasteiger charge is 2.31. The van der Waals surface area contributed by atoms with Crippen molar-refractivity contribution in [1.29, 1.82) is 0 Å². The van der Waals surface area contributed by atoms with E-state index in [1.54, 1.807) is 6.92 Å². The number of carbonyl (C=O) groups excluding carboxylic acids is 1. The molecule has 34 heavy (non-hydrogen) atoms. The Hall–Kier alpha value is -1.51. The molecule has 0 saturated heterocycles. The van der Waals surface area contributed by atoms with Crippen LogP contribution in [0.5, 0.6) is 0 Å². The molecule has 0 saturated carbocycles. The Labute approximate surface area is 205 Å². The van der Waals surface area contributed by atoms with Gasteiger partial charge in [-0.05, 0) is 43.4 Å². The number of rotatable bonds is 18. The van der Waals surface area contributed by atoms with E-state index in [1.807, 2.05) is 24.3 Å². The first-order valence-corrected chi connectivity index (χ1v) is 12.9. The normalized spacial score (nSPS) is 16.1. The van der Waals surface area contributed by atoms with Gasteiger partial charge in [0.15, 0.2) is 0 Å². The fourth-order valence-electron chi connectivity index (χ4n) is 3.80. The second kappa shape index (κ2) is 17.0. The van der Waals surface area contributed by atoms with Crippen LogP contribution in [0.2, 0.25) is 0 Å². The van der Waals surface area contributed by atoms with E-state index in [0.29, 0.717) is 12.5 Å². The van der Waals surface area contributed by atoms with Gasteiger partial charge in [0.05, 0.1) is 12.0 Å². The summed E-state index contributed by atoms with van der Waals surface area (Å²) in [6.45, 7) is 8.54. The maximum absolute atomic E-state index is 12.4. The third kappa shape index (κ3) is 11.8. The molecule has 1 rings (SSSR count). The molecular formula is C27H47NO6. The van der Waals surface area contributed by atoms with Crippen LogP contribution >= 0.6 is 0 Å². The van der Waals surface area contributed by atoms with E-state index in [4.69, 9.17) is 4.74 Å². The molecule has 0 bridgehead atoms. The highest BCUT2D eigenvalue weighted by molar-refractivity contribution is 5.77. The first kappa shape index (κ1) is 30.5. The van der Waals surface area contributed by atoms with Crippen LogP contribution in [0.4, 0.5) is 0 Å². The highest BCUT2D eigenvalue weighted by atomic mass is 16.5. The van der Waals surface area contributed by atoms with Gasteiger partial charge in [-0.1, -0.05) is 77.1 Å². The zero-order chi connectivity index (χ0) is 25.5. The van der Waals surface area contributed by atoms with E-state index in [1.165, 1.54) is 31.2 Å². The number of esters is 1. The minimum Gasteiger partial charge on any atom is -0.462 e. The van der Waals surface area contributed by atoms with Crippen molar-refractivity contribution in [3.63, 3.8) is 0 Å². The number of hydrogen-bond acceptors (Lipinski definition) is 7. The smallest absolute Gasteiger partial charge is 0.313 e. The predicted molar refractivity (Wildman–Crippen MR) is 135 cm³/mol. The van der Waals surface area contributed by atoms with Crippen LogP contribution in [0.25, 0.3) is 0 Å². The van der Waals surface area contributed by atoms with Gasteiger partial charge in [-0.15, -0.1) is 0 Å². The van der Waals surface area contributed by atoms with Gasteiger partial charge in [-0.2, -0.15) is 0 Å². The van der Waals surface area contributed by atoms with Crippen LogP contribution in [-0.2, 0) is 16.0 Å². The Morgan fingerprint density at radius 3 is 2.09 bits per heavy atom. The summed E-state index contributed by atoms with van der Waals surface area (Å²) < 4.78 is 5.16. The van der Waals surface area contributed by atoms with E-state index >= 15 is 0 Å². The molecule has 0 aromatic heterocycles. The lowest BCUT2D eigenvalue weighted by Crippen LogP contribution is -2.49. The highest BCUT2D eigenvalue weighted by Crippen LogP contribution is 2.19. The van der Waals surface area contributed by atoms with Gasteiger partial charge in [0.25, 0.3) is 0 Å². The number of nitrogens with one attached hydrogen (secondary N) is 1. The lowest BCUT2D eigenvalue weighted by Gasteiger charge is -2.26. The number of benzene rings is 1. The standard InChI is InChI=1S/C27H47NO6/c1-5-6-7-8-9-10-15-28-17-23(29)25(31)26(32)24(30)18-34-27(33)20(4)22-13-11-21(12-14-22)16-19(2)3/h11-14,19-20,23-26,28-32H,5-10,15-18H2,1-4H3/t20?,23-,24+,25+,26+/m0/s1. The van der Waals surface area contributed by atoms with Gasteiger partial charge < -0.3 is 30.5 Å². The molecule has 0 heterocycles. The van der Waals surface area contributed by atoms with Crippen LogP contribution in [-0.4, -0.2) is 70.5 Å². The number of unbranched alkanes of at least 4 members (excludes halogenated alkanes) is 5. The van der Waals surface area contributed by atoms with E-state index < -0.39 is 42.9 Å². The zero-order valence-corrected chi connectivity index (χ0v) is 21.4. The summed E-state index contributed by atoms with van der Waals surface area (Å²) >= 11 is 0. The first-order chi connectivity index (χ1) is 16.2. The van der Waals surface area contributed by atoms with Crippen LogP contribution in [0.15, 0.2) is 24.3 Å². The van der Waals surface area contributed by atoms with Gasteiger partial charge >= 0.3 is 5.97 Å². The molecule has 0 radical (unpaired) electrons. The summed E-state index contributed by atoms with van der Waals surface area (Å²) in [6, 6.07) is 7.78. The molecule has 7 nitrogen and oxygen atoms in total. The average Bonchev–Trinajstić information content (AvgIpc) is 2.82. The van der Waals surface area contributed by atoms with E-state index in [2.05, 4.69) is 26.1 Å². The molecule has 1 aromatic carbocycles. The van der Waals surface area contributed by atoms with E-state index in [9.17, 15) is 25.2 Å². The second-order valence-corrected chi connectivity index (χ2v) is 9.78. The van der Waals surface area contributed by atoms with Gasteiger partial charge in [0, 0.05) is 6.54 Å². The zero-order valence-electron chi connectivity index (χ0n) is 21.4. The third-order valence-corrected chi connectivity index (χ3v) is 6.07. The number of aliphatic hydroxyl groups excluding tert-OH is 4. The van der Waals surface area contributed by atoms with Crippen LogP contribution < -0.4 is 5.32 Å². The van der Waals surface area contributed by atoms with Crippen molar-refractivity contribution < 1.29 is 30.0 Å². The maximum Gasteiger partial charge on any atom is 0.313 e. The van der Waals surface area contributed by atoms with Gasteiger partial charge in [0.2, 0.25) is 0 Å². The van der Waals surface area contributed by atoms with Crippen molar-refractivity contribution in [3.05, 3.63) is 35.4 Å². The molecule has 1 unspecified atom stereocenters. The summed E-state index contributed by atoms with van der Waals surface area (Å²) in [5.41, 5.74) is 2.01. The largest absolute Gasteiger partial charge is 0.462 e. The molecule has 5 N–H and O–H groups in total. The Morgan fingerprint density at radius 1 is 0.882 bits per heavy atom. The quantitative estimate of drug-likeness (QED) is 0.162. The number of ether oxygens (including phenoxy) is 1.